The number of ether oxygens (including phenoxy) is 2. The molecule has 116 valence electrons. The van der Waals surface area contributed by atoms with Crippen molar-refractivity contribution in [3.8, 4) is 11.5 Å². The van der Waals surface area contributed by atoms with Crippen LogP contribution in [0.1, 0.15) is 17.2 Å². The molecule has 0 bridgehead atoms. The zero-order chi connectivity index (χ0) is 15.5. The van der Waals surface area contributed by atoms with Gasteiger partial charge in [-0.25, -0.2) is 0 Å². The van der Waals surface area contributed by atoms with E-state index >= 15 is 0 Å². The second-order valence-electron chi connectivity index (χ2n) is 6.11. The van der Waals surface area contributed by atoms with E-state index in [0.29, 0.717) is 5.92 Å². The molecule has 0 heterocycles. The molecular formula is C19H23NO2. The maximum atomic E-state index is 6.39. The van der Waals surface area contributed by atoms with Gasteiger partial charge < -0.3 is 14.4 Å². The number of nitrogens with zero attached hydrogens (tertiary/aromatic N) is 1. The second kappa shape index (κ2) is 6.41. The Balaban J connectivity index is 1.91. The predicted molar refractivity (Wildman–Crippen MR) is 88.6 cm³/mol. The highest BCUT2D eigenvalue weighted by Gasteiger charge is 2.34. The van der Waals surface area contributed by atoms with Crippen molar-refractivity contribution >= 4 is 0 Å². The molecule has 3 rings (SSSR count). The van der Waals surface area contributed by atoms with Crippen LogP contribution in [0, 0.1) is 5.92 Å². The van der Waals surface area contributed by atoms with E-state index in [9.17, 15) is 0 Å². The minimum Gasteiger partial charge on any atom is -0.493 e. The molecule has 3 nitrogen and oxygen atoms in total. The van der Waals surface area contributed by atoms with E-state index in [0.717, 1.165) is 24.5 Å². The molecule has 2 atom stereocenters. The Morgan fingerprint density at radius 3 is 2.41 bits per heavy atom. The van der Waals surface area contributed by atoms with Crippen LogP contribution < -0.4 is 9.47 Å². The summed E-state index contributed by atoms with van der Waals surface area (Å²) in [6.45, 7) is 1.01. The third kappa shape index (κ3) is 2.95. The van der Waals surface area contributed by atoms with Crippen molar-refractivity contribution in [2.24, 2.45) is 5.92 Å². The molecule has 0 radical (unpaired) electrons. The van der Waals surface area contributed by atoms with Gasteiger partial charge in [0.1, 0.15) is 6.10 Å². The van der Waals surface area contributed by atoms with Crippen molar-refractivity contribution in [2.45, 2.75) is 12.5 Å². The van der Waals surface area contributed by atoms with Crippen LogP contribution in [-0.4, -0.2) is 32.6 Å². The number of hydrogen-bond acceptors (Lipinski definition) is 3. The summed E-state index contributed by atoms with van der Waals surface area (Å²) < 4.78 is 11.8. The maximum absolute atomic E-state index is 6.39. The van der Waals surface area contributed by atoms with Gasteiger partial charge in [0.25, 0.3) is 0 Å². The minimum atomic E-state index is 0.0786. The molecule has 3 heteroatoms. The minimum absolute atomic E-state index is 0.0786. The quantitative estimate of drug-likeness (QED) is 0.842. The smallest absolute Gasteiger partial charge is 0.162 e. The molecule has 2 unspecified atom stereocenters. The average Bonchev–Trinajstić information content (AvgIpc) is 2.85. The Labute approximate surface area is 132 Å². The summed E-state index contributed by atoms with van der Waals surface area (Å²) in [5, 5.41) is 0. The molecule has 0 fully saturated rings. The van der Waals surface area contributed by atoms with Gasteiger partial charge in [0.15, 0.2) is 11.5 Å². The van der Waals surface area contributed by atoms with Gasteiger partial charge in [-0.1, -0.05) is 36.4 Å². The van der Waals surface area contributed by atoms with Gasteiger partial charge in [-0.3, -0.25) is 0 Å². The van der Waals surface area contributed by atoms with E-state index in [1.165, 1.54) is 11.1 Å². The van der Waals surface area contributed by atoms with Crippen LogP contribution in [0.3, 0.4) is 0 Å². The number of fused-ring (bicyclic) bond motifs is 1. The van der Waals surface area contributed by atoms with Gasteiger partial charge in [0.05, 0.1) is 7.11 Å². The second-order valence-corrected chi connectivity index (χ2v) is 6.11. The lowest BCUT2D eigenvalue weighted by Gasteiger charge is -2.25. The van der Waals surface area contributed by atoms with Crippen LogP contribution in [0.15, 0.2) is 48.5 Å². The lowest BCUT2D eigenvalue weighted by atomic mass is 10.0. The van der Waals surface area contributed by atoms with Crippen LogP contribution >= 0.6 is 0 Å². The van der Waals surface area contributed by atoms with Crippen molar-refractivity contribution in [2.75, 3.05) is 27.7 Å². The molecule has 0 saturated carbocycles. The Kier molecular flexibility index (Phi) is 4.34. The number of hydrogen-bond donors (Lipinski definition) is 0. The van der Waals surface area contributed by atoms with Crippen molar-refractivity contribution in [3.63, 3.8) is 0 Å². The standard InChI is InChI=1S/C19H23NO2/c1-20(2)13-15-12-14-8-4-5-9-16(14)19(15)22-18-11-7-6-10-17(18)21-3/h4-11,15,19H,12-13H2,1-3H3. The topological polar surface area (TPSA) is 21.7 Å². The fraction of sp³-hybridized carbons (Fsp3) is 0.368. The predicted octanol–water partition coefficient (Wildman–Crippen LogP) is 3.55. The summed E-state index contributed by atoms with van der Waals surface area (Å²) in [6.07, 6.45) is 1.14. The van der Waals surface area contributed by atoms with Gasteiger partial charge in [-0.2, -0.15) is 0 Å². The van der Waals surface area contributed by atoms with Crippen molar-refractivity contribution in [1.82, 2.24) is 4.90 Å². The molecule has 0 aromatic heterocycles. The molecule has 1 aliphatic carbocycles. The van der Waals surface area contributed by atoms with Crippen molar-refractivity contribution in [1.29, 1.82) is 0 Å². The molecular weight excluding hydrogens is 274 g/mol. The summed E-state index contributed by atoms with van der Waals surface area (Å²) in [7, 11) is 5.91. The third-order valence-electron chi connectivity index (χ3n) is 4.19. The van der Waals surface area contributed by atoms with Crippen LogP contribution in [0.25, 0.3) is 0 Å². The first-order valence-electron chi connectivity index (χ1n) is 7.71. The summed E-state index contributed by atoms with van der Waals surface area (Å²) in [5.74, 6) is 2.06. The molecule has 22 heavy (non-hydrogen) atoms. The van der Waals surface area contributed by atoms with Crippen molar-refractivity contribution < 1.29 is 9.47 Å². The molecule has 0 aliphatic heterocycles. The first kappa shape index (κ1) is 14.9. The molecule has 2 aromatic carbocycles. The molecule has 1 aliphatic rings. The monoisotopic (exact) mass is 297 g/mol. The average molecular weight is 297 g/mol. The molecule has 0 saturated heterocycles. The van der Waals surface area contributed by atoms with Crippen LogP contribution in [-0.2, 0) is 6.42 Å². The first-order chi connectivity index (χ1) is 10.7. The largest absolute Gasteiger partial charge is 0.493 e. The number of benzene rings is 2. The SMILES string of the molecule is COc1ccccc1OC1c2ccccc2CC1CN(C)C. The normalized spacial score (nSPS) is 20.0. The van der Waals surface area contributed by atoms with E-state index in [-0.39, 0.29) is 6.10 Å². The fourth-order valence-electron chi connectivity index (χ4n) is 3.28. The number of methoxy groups -OCH3 is 1. The van der Waals surface area contributed by atoms with Gasteiger partial charge >= 0.3 is 0 Å². The highest BCUT2D eigenvalue weighted by Crippen LogP contribution is 2.41. The van der Waals surface area contributed by atoms with Crippen LogP contribution in [0.4, 0.5) is 0 Å². The van der Waals surface area contributed by atoms with Gasteiger partial charge in [0, 0.05) is 12.5 Å². The summed E-state index contributed by atoms with van der Waals surface area (Å²) in [5.41, 5.74) is 2.70. The van der Waals surface area contributed by atoms with E-state index in [1.807, 2.05) is 24.3 Å². The number of rotatable bonds is 5. The van der Waals surface area contributed by atoms with E-state index in [2.05, 4.69) is 43.3 Å². The fourth-order valence-corrected chi connectivity index (χ4v) is 3.28. The maximum Gasteiger partial charge on any atom is 0.162 e. The van der Waals surface area contributed by atoms with Crippen molar-refractivity contribution in [3.05, 3.63) is 59.7 Å². The first-order valence-corrected chi connectivity index (χ1v) is 7.71. The highest BCUT2D eigenvalue weighted by atomic mass is 16.5. The van der Waals surface area contributed by atoms with E-state index in [4.69, 9.17) is 9.47 Å². The highest BCUT2D eigenvalue weighted by molar-refractivity contribution is 5.42. The van der Waals surface area contributed by atoms with Gasteiger partial charge in [0.2, 0.25) is 0 Å². The molecule has 0 N–H and O–H groups in total. The Bertz CT molecular complexity index is 639. The number of para-hydroxylation sites is 2. The zero-order valence-corrected chi connectivity index (χ0v) is 13.5. The molecule has 0 spiro atoms. The Morgan fingerprint density at radius 1 is 1.00 bits per heavy atom. The van der Waals surface area contributed by atoms with Crippen LogP contribution in [0.5, 0.6) is 11.5 Å². The Hall–Kier alpha value is -2.00. The van der Waals surface area contributed by atoms with E-state index in [1.54, 1.807) is 7.11 Å². The lowest BCUT2D eigenvalue weighted by Crippen LogP contribution is -2.27. The summed E-state index contributed by atoms with van der Waals surface area (Å²) >= 11 is 0. The summed E-state index contributed by atoms with van der Waals surface area (Å²) in [4.78, 5) is 2.23. The van der Waals surface area contributed by atoms with Crippen LogP contribution in [0.2, 0.25) is 0 Å². The summed E-state index contributed by atoms with van der Waals surface area (Å²) in [6, 6.07) is 16.5. The molecule has 2 aromatic rings. The Morgan fingerprint density at radius 2 is 1.68 bits per heavy atom. The zero-order valence-electron chi connectivity index (χ0n) is 13.5. The third-order valence-corrected chi connectivity index (χ3v) is 4.19. The van der Waals surface area contributed by atoms with Gasteiger partial charge in [-0.05, 0) is 43.8 Å². The van der Waals surface area contributed by atoms with E-state index < -0.39 is 0 Å². The lowest BCUT2D eigenvalue weighted by molar-refractivity contribution is 0.124. The molecule has 0 amide bonds. The van der Waals surface area contributed by atoms with Gasteiger partial charge in [-0.15, -0.1) is 0 Å².